The maximum atomic E-state index is 13.6. The van der Waals surface area contributed by atoms with Gasteiger partial charge in [-0.05, 0) is 74.6 Å². The van der Waals surface area contributed by atoms with Crippen LogP contribution in [0.4, 0.5) is 0 Å². The molecule has 172 valence electrons. The maximum absolute atomic E-state index is 13.6. The summed E-state index contributed by atoms with van der Waals surface area (Å²) in [4.78, 5) is 18.4. The van der Waals surface area contributed by atoms with E-state index in [1.165, 1.54) is 29.7 Å². The Kier molecular flexibility index (Phi) is 6.48. The van der Waals surface area contributed by atoms with Crippen LogP contribution in [-0.4, -0.2) is 48.1 Å². The molecule has 3 heterocycles. The van der Waals surface area contributed by atoms with E-state index in [1.54, 1.807) is 0 Å². The van der Waals surface area contributed by atoms with Crippen LogP contribution in [0.25, 0.3) is 11.1 Å². The number of likely N-dealkylation sites (tertiary alicyclic amines) is 1. The van der Waals surface area contributed by atoms with Crippen LogP contribution in [0.3, 0.4) is 0 Å². The van der Waals surface area contributed by atoms with Gasteiger partial charge < -0.3 is 14.4 Å². The van der Waals surface area contributed by atoms with Crippen LogP contribution in [-0.2, 0) is 19.5 Å². The van der Waals surface area contributed by atoms with E-state index >= 15 is 0 Å². The van der Waals surface area contributed by atoms with E-state index in [0.717, 1.165) is 50.3 Å². The third kappa shape index (κ3) is 4.83. The lowest BCUT2D eigenvalue weighted by molar-refractivity contribution is 0.119. The highest BCUT2D eigenvalue weighted by atomic mass is 16.1. The average molecular weight is 442 g/mol. The number of fused-ring (bicyclic) bond motifs is 4. The fourth-order valence-corrected chi connectivity index (χ4v) is 5.85. The number of aryl methyl sites for hydroxylation is 1. The van der Waals surface area contributed by atoms with Crippen molar-refractivity contribution in [3.63, 3.8) is 0 Å². The summed E-state index contributed by atoms with van der Waals surface area (Å²) in [5.74, 6) is 1.03. The Morgan fingerprint density at radius 2 is 1.67 bits per heavy atom. The smallest absolute Gasteiger partial charge is 0.258 e. The second kappa shape index (κ2) is 9.66. The van der Waals surface area contributed by atoms with Crippen molar-refractivity contribution in [1.82, 2.24) is 14.4 Å². The Labute approximate surface area is 197 Å². The summed E-state index contributed by atoms with van der Waals surface area (Å²) in [7, 11) is 4.15. The molecule has 0 saturated carbocycles. The minimum atomic E-state index is 0.186. The van der Waals surface area contributed by atoms with Gasteiger partial charge in [-0.1, -0.05) is 54.6 Å². The first kappa shape index (κ1) is 22.1. The SMILES string of the molecule is CN(C)Cc1ccccc1-c1ccc2n(c1=O)CC1CC2CN(CCCc2ccccc2)C1. The molecule has 2 unspecified atom stereocenters. The predicted octanol–water partition coefficient (Wildman–Crippen LogP) is 4.63. The molecule has 0 N–H and O–H groups in total. The van der Waals surface area contributed by atoms with Gasteiger partial charge in [0.1, 0.15) is 0 Å². The van der Waals surface area contributed by atoms with Gasteiger partial charge in [-0.25, -0.2) is 0 Å². The first-order valence-electron chi connectivity index (χ1n) is 12.3. The van der Waals surface area contributed by atoms with Gasteiger partial charge in [-0.3, -0.25) is 4.79 Å². The van der Waals surface area contributed by atoms with Gasteiger partial charge in [0.25, 0.3) is 5.56 Å². The summed E-state index contributed by atoms with van der Waals surface area (Å²) >= 11 is 0. The normalized spacial score (nSPS) is 20.1. The van der Waals surface area contributed by atoms with E-state index < -0.39 is 0 Å². The predicted molar refractivity (Wildman–Crippen MR) is 136 cm³/mol. The van der Waals surface area contributed by atoms with Crippen molar-refractivity contribution in [3.8, 4) is 11.1 Å². The van der Waals surface area contributed by atoms with Crippen LogP contribution >= 0.6 is 0 Å². The van der Waals surface area contributed by atoms with Crippen LogP contribution in [0.5, 0.6) is 0 Å². The Balaban J connectivity index is 1.33. The molecular weight excluding hydrogens is 406 g/mol. The van der Waals surface area contributed by atoms with E-state index in [0.29, 0.717) is 11.8 Å². The van der Waals surface area contributed by atoms with Crippen molar-refractivity contribution in [3.05, 3.63) is 93.9 Å². The van der Waals surface area contributed by atoms with Gasteiger partial charge in [0.05, 0.1) is 0 Å². The number of rotatable bonds is 7. The molecule has 33 heavy (non-hydrogen) atoms. The van der Waals surface area contributed by atoms with Gasteiger partial charge in [0, 0.05) is 43.4 Å². The molecule has 2 aliphatic heterocycles. The van der Waals surface area contributed by atoms with Crippen molar-refractivity contribution >= 4 is 0 Å². The zero-order chi connectivity index (χ0) is 22.8. The molecule has 0 aliphatic carbocycles. The summed E-state index contributed by atoms with van der Waals surface area (Å²) in [6.07, 6.45) is 3.54. The van der Waals surface area contributed by atoms with Crippen LogP contribution in [0.1, 0.15) is 35.6 Å². The molecule has 0 radical (unpaired) electrons. The molecule has 1 saturated heterocycles. The van der Waals surface area contributed by atoms with Gasteiger partial charge >= 0.3 is 0 Å². The highest BCUT2D eigenvalue weighted by Crippen LogP contribution is 2.36. The molecule has 2 atom stereocenters. The van der Waals surface area contributed by atoms with Crippen molar-refractivity contribution in [1.29, 1.82) is 0 Å². The fraction of sp³-hybridized carbons (Fsp3) is 0.414. The van der Waals surface area contributed by atoms with E-state index in [1.807, 2.05) is 6.07 Å². The molecule has 0 spiro atoms. The van der Waals surface area contributed by atoms with Gasteiger partial charge in [-0.15, -0.1) is 0 Å². The largest absolute Gasteiger partial charge is 0.311 e. The molecule has 2 aliphatic rings. The number of hydrogen-bond donors (Lipinski definition) is 0. The monoisotopic (exact) mass is 441 g/mol. The Bertz CT molecular complexity index is 1150. The number of benzene rings is 2. The maximum Gasteiger partial charge on any atom is 0.258 e. The van der Waals surface area contributed by atoms with E-state index in [9.17, 15) is 4.79 Å². The van der Waals surface area contributed by atoms with Gasteiger partial charge in [0.15, 0.2) is 0 Å². The highest BCUT2D eigenvalue weighted by Gasteiger charge is 2.34. The molecule has 2 bridgehead atoms. The van der Waals surface area contributed by atoms with E-state index in [2.05, 4.69) is 89.1 Å². The second-order valence-corrected chi connectivity index (χ2v) is 10.1. The Morgan fingerprint density at radius 3 is 2.48 bits per heavy atom. The lowest BCUT2D eigenvalue weighted by Gasteiger charge is -2.43. The molecule has 1 aromatic heterocycles. The first-order valence-corrected chi connectivity index (χ1v) is 12.3. The van der Waals surface area contributed by atoms with Crippen LogP contribution in [0.15, 0.2) is 71.5 Å². The Morgan fingerprint density at radius 1 is 0.879 bits per heavy atom. The topological polar surface area (TPSA) is 28.5 Å². The lowest BCUT2D eigenvalue weighted by Crippen LogP contribution is -2.47. The summed E-state index contributed by atoms with van der Waals surface area (Å²) in [5, 5.41) is 0. The summed E-state index contributed by atoms with van der Waals surface area (Å²) in [5.41, 5.74) is 5.97. The van der Waals surface area contributed by atoms with Crippen LogP contribution in [0, 0.1) is 5.92 Å². The summed E-state index contributed by atoms with van der Waals surface area (Å²) in [6.45, 7) is 5.01. The Hall–Kier alpha value is -2.69. The molecule has 4 nitrogen and oxygen atoms in total. The molecule has 1 fully saturated rings. The van der Waals surface area contributed by atoms with Gasteiger partial charge in [-0.2, -0.15) is 0 Å². The second-order valence-electron chi connectivity index (χ2n) is 10.1. The van der Waals surface area contributed by atoms with Crippen molar-refractivity contribution in [2.24, 2.45) is 5.92 Å². The summed E-state index contributed by atoms with van der Waals surface area (Å²) in [6, 6.07) is 23.4. The zero-order valence-electron chi connectivity index (χ0n) is 19.9. The number of nitrogens with zero attached hydrogens (tertiary/aromatic N) is 3. The minimum Gasteiger partial charge on any atom is -0.311 e. The highest BCUT2D eigenvalue weighted by molar-refractivity contribution is 5.66. The fourth-order valence-electron chi connectivity index (χ4n) is 5.85. The molecule has 2 aromatic carbocycles. The number of piperidine rings is 1. The van der Waals surface area contributed by atoms with Crippen molar-refractivity contribution < 1.29 is 0 Å². The van der Waals surface area contributed by atoms with Crippen LogP contribution in [0.2, 0.25) is 0 Å². The van der Waals surface area contributed by atoms with Crippen molar-refractivity contribution in [2.45, 2.75) is 38.3 Å². The molecule has 0 amide bonds. The quantitative estimate of drug-likeness (QED) is 0.535. The molecule has 3 aromatic rings. The molecule has 4 heteroatoms. The number of hydrogen-bond acceptors (Lipinski definition) is 3. The summed E-state index contributed by atoms with van der Waals surface area (Å²) < 4.78 is 2.10. The third-order valence-corrected chi connectivity index (χ3v) is 7.26. The third-order valence-electron chi connectivity index (χ3n) is 7.26. The lowest BCUT2D eigenvalue weighted by atomic mass is 9.82. The van der Waals surface area contributed by atoms with E-state index in [-0.39, 0.29) is 5.56 Å². The number of aromatic nitrogens is 1. The standard InChI is InChI=1S/C29H35N3O/c1-30(2)20-24-12-6-7-13-26(24)27-14-15-28-25-17-23(19-32(28)29(27)33)18-31(21-25)16-8-11-22-9-4-3-5-10-22/h3-7,9-10,12-15,23,25H,8,11,16-21H2,1-2H3. The molecule has 5 rings (SSSR count). The van der Waals surface area contributed by atoms with Gasteiger partial charge in [0.2, 0.25) is 0 Å². The zero-order valence-corrected chi connectivity index (χ0v) is 19.9. The average Bonchev–Trinajstić information content (AvgIpc) is 2.81. The number of pyridine rings is 1. The van der Waals surface area contributed by atoms with E-state index in [4.69, 9.17) is 0 Å². The van der Waals surface area contributed by atoms with Crippen molar-refractivity contribution in [2.75, 3.05) is 33.7 Å². The molecular formula is C29H35N3O. The van der Waals surface area contributed by atoms with Crippen LogP contribution < -0.4 is 5.56 Å². The first-order chi connectivity index (χ1) is 16.1. The minimum absolute atomic E-state index is 0.186.